The molecule has 0 aromatic heterocycles. The third kappa shape index (κ3) is 6.89. The fraction of sp³-hybridized carbons (Fsp3) is 0.333. The predicted molar refractivity (Wildman–Crippen MR) is 108 cm³/mol. The Morgan fingerprint density at radius 2 is 1.59 bits per heavy atom. The van der Waals surface area contributed by atoms with Crippen molar-refractivity contribution in [3.8, 4) is 0 Å². The Morgan fingerprint density at radius 3 is 2.15 bits per heavy atom. The van der Waals surface area contributed by atoms with E-state index in [-0.39, 0.29) is 24.1 Å². The van der Waals surface area contributed by atoms with Crippen LogP contribution in [0.3, 0.4) is 0 Å². The van der Waals surface area contributed by atoms with Gasteiger partial charge in [0.05, 0.1) is 11.6 Å². The molecule has 0 saturated carbocycles. The van der Waals surface area contributed by atoms with E-state index in [2.05, 4.69) is 31.3 Å². The highest BCUT2D eigenvalue weighted by molar-refractivity contribution is 6.35. The molecular weight excluding hydrogens is 385 g/mol. The molecule has 1 atom stereocenters. The summed E-state index contributed by atoms with van der Waals surface area (Å²) in [6, 6.07) is 12.3. The molecule has 0 heterocycles. The summed E-state index contributed by atoms with van der Waals surface area (Å²) < 4.78 is 5.03. The average molecular weight is 408 g/mol. The average Bonchev–Trinajstić information content (AvgIpc) is 2.58. The minimum Gasteiger partial charge on any atom is -0.452 e. The maximum Gasteiger partial charge on any atom is 0.338 e. The summed E-state index contributed by atoms with van der Waals surface area (Å²) in [5.41, 5.74) is 2.46. The fourth-order valence-corrected chi connectivity index (χ4v) is 3.19. The minimum absolute atomic E-state index is 0.190. The molecule has 0 aliphatic rings. The van der Waals surface area contributed by atoms with Crippen LogP contribution in [0.1, 0.15) is 48.3 Å². The van der Waals surface area contributed by atoms with Crippen LogP contribution in [0.2, 0.25) is 10.0 Å². The first-order chi connectivity index (χ1) is 12.7. The van der Waals surface area contributed by atoms with Crippen molar-refractivity contribution in [2.45, 2.75) is 33.2 Å². The Kier molecular flexibility index (Phi) is 7.69. The lowest BCUT2D eigenvalue weighted by atomic mass is 10.00. The zero-order chi connectivity index (χ0) is 20.0. The Bertz CT molecular complexity index is 783. The van der Waals surface area contributed by atoms with Crippen LogP contribution in [0.5, 0.6) is 0 Å². The first kappa shape index (κ1) is 21.3. The van der Waals surface area contributed by atoms with Gasteiger partial charge in [-0.05, 0) is 48.6 Å². The predicted octanol–water partition coefficient (Wildman–Crippen LogP) is 5.23. The van der Waals surface area contributed by atoms with Gasteiger partial charge in [-0.1, -0.05) is 61.3 Å². The highest BCUT2D eigenvalue weighted by atomic mass is 35.5. The summed E-state index contributed by atoms with van der Waals surface area (Å²) in [4.78, 5) is 24.1. The van der Waals surface area contributed by atoms with Crippen molar-refractivity contribution >= 4 is 35.1 Å². The minimum atomic E-state index is -0.653. The number of rotatable bonds is 7. The van der Waals surface area contributed by atoms with E-state index in [1.807, 2.05) is 19.1 Å². The molecule has 0 aliphatic heterocycles. The van der Waals surface area contributed by atoms with Crippen LogP contribution in [-0.2, 0) is 16.0 Å². The maximum atomic E-state index is 12.1. The molecule has 0 radical (unpaired) electrons. The molecule has 0 bridgehead atoms. The number of benzene rings is 2. The molecule has 2 aromatic rings. The van der Waals surface area contributed by atoms with Gasteiger partial charge in [0.2, 0.25) is 0 Å². The van der Waals surface area contributed by atoms with E-state index in [0.717, 1.165) is 12.0 Å². The maximum absolute atomic E-state index is 12.1. The number of halogens is 2. The molecule has 0 aliphatic carbocycles. The van der Waals surface area contributed by atoms with Gasteiger partial charge < -0.3 is 10.1 Å². The van der Waals surface area contributed by atoms with E-state index in [1.54, 1.807) is 0 Å². The molecule has 2 aromatic carbocycles. The van der Waals surface area contributed by atoms with Crippen molar-refractivity contribution in [3.05, 3.63) is 69.2 Å². The summed E-state index contributed by atoms with van der Waals surface area (Å²) in [6.07, 6.45) is 1.02. The summed E-state index contributed by atoms with van der Waals surface area (Å²) in [6.45, 7) is 5.86. The van der Waals surface area contributed by atoms with E-state index < -0.39 is 5.97 Å². The van der Waals surface area contributed by atoms with Crippen molar-refractivity contribution in [2.75, 3.05) is 6.61 Å². The molecule has 6 heteroatoms. The monoisotopic (exact) mass is 407 g/mol. The first-order valence-electron chi connectivity index (χ1n) is 8.76. The summed E-state index contributed by atoms with van der Waals surface area (Å²) >= 11 is 11.7. The van der Waals surface area contributed by atoms with Gasteiger partial charge in [0.1, 0.15) is 0 Å². The molecule has 2 rings (SSSR count). The number of amides is 1. The van der Waals surface area contributed by atoms with E-state index >= 15 is 0 Å². The van der Waals surface area contributed by atoms with Crippen LogP contribution >= 0.6 is 23.2 Å². The fourth-order valence-electron chi connectivity index (χ4n) is 2.67. The molecular formula is C21H23Cl2NO3. The smallest absolute Gasteiger partial charge is 0.338 e. The van der Waals surface area contributed by atoms with Crippen LogP contribution in [0.25, 0.3) is 0 Å². The van der Waals surface area contributed by atoms with Crippen molar-refractivity contribution < 1.29 is 14.3 Å². The second kappa shape index (κ2) is 9.77. The SMILES string of the molecule is CC(C)Cc1ccc([C@@H](C)NC(=O)COC(=O)c2cc(Cl)cc(Cl)c2)cc1. The molecule has 1 amide bonds. The third-order valence-corrected chi connectivity index (χ3v) is 4.37. The number of hydrogen-bond acceptors (Lipinski definition) is 3. The second-order valence-electron chi connectivity index (χ2n) is 6.86. The molecule has 1 N–H and O–H groups in total. The molecule has 27 heavy (non-hydrogen) atoms. The number of hydrogen-bond donors (Lipinski definition) is 1. The zero-order valence-corrected chi connectivity index (χ0v) is 17.1. The van der Waals surface area contributed by atoms with Crippen LogP contribution in [0.15, 0.2) is 42.5 Å². The van der Waals surface area contributed by atoms with E-state index in [1.165, 1.54) is 23.8 Å². The van der Waals surface area contributed by atoms with Gasteiger partial charge in [-0.3, -0.25) is 4.79 Å². The van der Waals surface area contributed by atoms with Gasteiger partial charge in [-0.15, -0.1) is 0 Å². The highest BCUT2D eigenvalue weighted by Crippen LogP contribution is 2.20. The van der Waals surface area contributed by atoms with E-state index in [4.69, 9.17) is 27.9 Å². The first-order valence-corrected chi connectivity index (χ1v) is 9.51. The number of carbonyl (C=O) groups is 2. The molecule has 144 valence electrons. The van der Waals surface area contributed by atoms with Crippen LogP contribution < -0.4 is 5.32 Å². The number of ether oxygens (including phenoxy) is 1. The number of esters is 1. The highest BCUT2D eigenvalue weighted by Gasteiger charge is 2.14. The Balaban J connectivity index is 1.86. The Morgan fingerprint density at radius 1 is 1.00 bits per heavy atom. The normalized spacial score (nSPS) is 11.9. The van der Waals surface area contributed by atoms with E-state index in [9.17, 15) is 9.59 Å². The van der Waals surface area contributed by atoms with Gasteiger partial charge in [-0.25, -0.2) is 4.79 Å². The lowest BCUT2D eigenvalue weighted by Crippen LogP contribution is -2.31. The Hall–Kier alpha value is -2.04. The van der Waals surface area contributed by atoms with Crippen LogP contribution in [0.4, 0.5) is 0 Å². The topological polar surface area (TPSA) is 55.4 Å². The van der Waals surface area contributed by atoms with E-state index in [0.29, 0.717) is 16.0 Å². The summed E-state index contributed by atoms with van der Waals surface area (Å²) in [5.74, 6) is -0.437. The van der Waals surface area contributed by atoms with Crippen molar-refractivity contribution in [1.29, 1.82) is 0 Å². The summed E-state index contributed by atoms with van der Waals surface area (Å²) in [7, 11) is 0. The Labute approximate surface area is 169 Å². The number of nitrogens with one attached hydrogen (secondary N) is 1. The second-order valence-corrected chi connectivity index (χ2v) is 7.74. The van der Waals surface area contributed by atoms with Gasteiger partial charge in [-0.2, -0.15) is 0 Å². The van der Waals surface area contributed by atoms with Gasteiger partial charge in [0.15, 0.2) is 6.61 Å². The molecule has 0 saturated heterocycles. The third-order valence-electron chi connectivity index (χ3n) is 3.93. The van der Waals surface area contributed by atoms with Crippen molar-refractivity contribution in [2.24, 2.45) is 5.92 Å². The van der Waals surface area contributed by atoms with Gasteiger partial charge in [0.25, 0.3) is 5.91 Å². The standard InChI is InChI=1S/C21H23Cl2NO3/c1-13(2)8-15-4-6-16(7-5-15)14(3)24-20(25)12-27-21(26)17-9-18(22)11-19(23)10-17/h4-7,9-11,13-14H,8,12H2,1-3H3,(H,24,25)/t14-/m1/s1. The van der Waals surface area contributed by atoms with Gasteiger partial charge >= 0.3 is 5.97 Å². The van der Waals surface area contributed by atoms with Crippen molar-refractivity contribution in [3.63, 3.8) is 0 Å². The largest absolute Gasteiger partial charge is 0.452 e. The quantitative estimate of drug-likeness (QED) is 0.639. The van der Waals surface area contributed by atoms with Gasteiger partial charge in [0, 0.05) is 10.0 Å². The lowest BCUT2D eigenvalue weighted by molar-refractivity contribution is -0.124. The molecule has 0 fully saturated rings. The van der Waals surface area contributed by atoms with Crippen molar-refractivity contribution in [1.82, 2.24) is 5.32 Å². The molecule has 0 unspecified atom stereocenters. The molecule has 4 nitrogen and oxygen atoms in total. The molecule has 0 spiro atoms. The summed E-state index contributed by atoms with van der Waals surface area (Å²) in [5, 5.41) is 3.47. The van der Waals surface area contributed by atoms with Crippen LogP contribution in [-0.4, -0.2) is 18.5 Å². The number of carbonyl (C=O) groups excluding carboxylic acids is 2. The van der Waals surface area contributed by atoms with Crippen LogP contribution in [0, 0.1) is 5.92 Å². The zero-order valence-electron chi connectivity index (χ0n) is 15.6. The lowest BCUT2D eigenvalue weighted by Gasteiger charge is -2.15.